The number of carbonyl (C=O) groups excluding carboxylic acids is 1. The lowest BCUT2D eigenvalue weighted by molar-refractivity contribution is -0.139. The standard InChI is InChI=1S/C15H13ClO5S/c1-20-15(17)9-11-5-7-13(8-6-11)21-22(18,19)14-4-2-3-12(16)10-14/h2-8,10H,9H2,1H3. The largest absolute Gasteiger partial charge is 0.469 e. The number of hydrogen-bond donors (Lipinski definition) is 0. The molecule has 0 radical (unpaired) electrons. The highest BCUT2D eigenvalue weighted by Crippen LogP contribution is 2.21. The minimum Gasteiger partial charge on any atom is -0.469 e. The average molecular weight is 341 g/mol. The summed E-state index contributed by atoms with van der Waals surface area (Å²) in [5.74, 6) is -0.228. The summed E-state index contributed by atoms with van der Waals surface area (Å²) < 4.78 is 33.8. The van der Waals surface area contributed by atoms with Crippen molar-refractivity contribution in [2.45, 2.75) is 11.3 Å². The Morgan fingerprint density at radius 1 is 1.14 bits per heavy atom. The normalized spacial score (nSPS) is 11.0. The molecule has 0 aromatic heterocycles. The lowest BCUT2D eigenvalue weighted by Crippen LogP contribution is -2.10. The number of halogens is 1. The van der Waals surface area contributed by atoms with Crippen LogP contribution in [0.1, 0.15) is 5.56 Å². The van der Waals surface area contributed by atoms with Crippen LogP contribution in [0.4, 0.5) is 0 Å². The minimum atomic E-state index is -3.95. The molecule has 0 unspecified atom stereocenters. The van der Waals surface area contributed by atoms with Crippen molar-refractivity contribution in [2.75, 3.05) is 7.11 Å². The van der Waals surface area contributed by atoms with Crippen LogP contribution in [0.3, 0.4) is 0 Å². The first-order valence-electron chi connectivity index (χ1n) is 6.26. The van der Waals surface area contributed by atoms with Crippen LogP contribution in [0.5, 0.6) is 5.75 Å². The van der Waals surface area contributed by atoms with E-state index in [4.69, 9.17) is 15.8 Å². The summed E-state index contributed by atoms with van der Waals surface area (Å²) in [5.41, 5.74) is 0.694. The molecule has 0 saturated heterocycles. The first-order chi connectivity index (χ1) is 10.4. The van der Waals surface area contributed by atoms with E-state index in [2.05, 4.69) is 4.74 Å². The Morgan fingerprint density at radius 3 is 2.41 bits per heavy atom. The Bertz CT molecular complexity index is 769. The second kappa shape index (κ2) is 6.81. The van der Waals surface area contributed by atoms with Gasteiger partial charge in [0.05, 0.1) is 13.5 Å². The zero-order valence-corrected chi connectivity index (χ0v) is 13.2. The number of esters is 1. The predicted octanol–water partition coefficient (Wildman–Crippen LogP) is 2.82. The van der Waals surface area contributed by atoms with Crippen molar-refractivity contribution < 1.29 is 22.1 Å². The number of ether oxygens (including phenoxy) is 1. The van der Waals surface area contributed by atoms with Crippen LogP contribution in [0.2, 0.25) is 5.02 Å². The van der Waals surface area contributed by atoms with Crippen molar-refractivity contribution in [1.82, 2.24) is 0 Å². The SMILES string of the molecule is COC(=O)Cc1ccc(OS(=O)(=O)c2cccc(Cl)c2)cc1. The molecule has 0 heterocycles. The van der Waals surface area contributed by atoms with Crippen molar-refractivity contribution in [3.63, 3.8) is 0 Å². The van der Waals surface area contributed by atoms with E-state index in [1.54, 1.807) is 18.2 Å². The topological polar surface area (TPSA) is 69.7 Å². The summed E-state index contributed by atoms with van der Waals surface area (Å²) in [7, 11) is -2.65. The number of rotatable bonds is 5. The van der Waals surface area contributed by atoms with Crippen LogP contribution >= 0.6 is 11.6 Å². The highest BCUT2D eigenvalue weighted by Gasteiger charge is 2.17. The van der Waals surface area contributed by atoms with Gasteiger partial charge in [0.1, 0.15) is 10.6 Å². The molecule has 0 aliphatic heterocycles. The van der Waals surface area contributed by atoms with Gasteiger partial charge in [0.2, 0.25) is 0 Å². The van der Waals surface area contributed by atoms with Gasteiger partial charge in [0.25, 0.3) is 0 Å². The summed E-state index contributed by atoms with van der Waals surface area (Å²) in [6, 6.07) is 11.9. The smallest absolute Gasteiger partial charge is 0.339 e. The fourth-order valence-corrected chi connectivity index (χ4v) is 2.93. The first kappa shape index (κ1) is 16.3. The molecule has 5 nitrogen and oxygen atoms in total. The van der Waals surface area contributed by atoms with E-state index in [1.165, 1.54) is 37.4 Å². The van der Waals surface area contributed by atoms with Crippen LogP contribution in [0.25, 0.3) is 0 Å². The predicted molar refractivity (Wildman–Crippen MR) is 81.4 cm³/mol. The summed E-state index contributed by atoms with van der Waals surface area (Å²) in [5, 5.41) is 0.304. The molecule has 0 aliphatic rings. The Hall–Kier alpha value is -2.05. The molecule has 0 saturated carbocycles. The number of benzene rings is 2. The molecular weight excluding hydrogens is 328 g/mol. The van der Waals surface area contributed by atoms with Gasteiger partial charge in [-0.25, -0.2) is 0 Å². The molecule has 0 amide bonds. The summed E-state index contributed by atoms with van der Waals surface area (Å²) in [6.07, 6.45) is 0.109. The number of hydrogen-bond acceptors (Lipinski definition) is 5. The molecule has 2 aromatic rings. The van der Waals surface area contributed by atoms with Crippen molar-refractivity contribution >= 4 is 27.7 Å². The lowest BCUT2D eigenvalue weighted by atomic mass is 10.1. The Balaban J connectivity index is 2.15. The number of carbonyl (C=O) groups is 1. The second-order valence-corrected chi connectivity index (χ2v) is 6.37. The molecule has 22 heavy (non-hydrogen) atoms. The lowest BCUT2D eigenvalue weighted by Gasteiger charge is -2.08. The van der Waals surface area contributed by atoms with Gasteiger partial charge in [-0.05, 0) is 35.9 Å². The van der Waals surface area contributed by atoms with Gasteiger partial charge in [-0.15, -0.1) is 0 Å². The van der Waals surface area contributed by atoms with Gasteiger partial charge in [-0.2, -0.15) is 8.42 Å². The van der Waals surface area contributed by atoms with Gasteiger partial charge in [0.15, 0.2) is 0 Å². The maximum Gasteiger partial charge on any atom is 0.339 e. The molecule has 7 heteroatoms. The fraction of sp³-hybridized carbons (Fsp3) is 0.133. The molecule has 2 rings (SSSR count). The molecule has 116 valence electrons. The highest BCUT2D eigenvalue weighted by atomic mass is 35.5. The van der Waals surface area contributed by atoms with Crippen LogP contribution in [-0.4, -0.2) is 21.5 Å². The highest BCUT2D eigenvalue weighted by molar-refractivity contribution is 7.87. The molecular formula is C15H13ClO5S. The van der Waals surface area contributed by atoms with Crippen molar-refractivity contribution in [2.24, 2.45) is 0 Å². The molecule has 0 aliphatic carbocycles. The third-order valence-corrected chi connectivity index (χ3v) is 4.27. The van der Waals surface area contributed by atoms with Crippen LogP contribution in [0, 0.1) is 0 Å². The number of methoxy groups -OCH3 is 1. The van der Waals surface area contributed by atoms with Crippen molar-refractivity contribution in [3.8, 4) is 5.75 Å². The van der Waals surface area contributed by atoms with Gasteiger partial charge >= 0.3 is 16.1 Å². The molecule has 0 bridgehead atoms. The monoisotopic (exact) mass is 340 g/mol. The zero-order valence-electron chi connectivity index (χ0n) is 11.7. The third kappa shape index (κ3) is 4.22. The third-order valence-electron chi connectivity index (χ3n) is 2.79. The first-order valence-corrected chi connectivity index (χ1v) is 8.05. The van der Waals surface area contributed by atoms with E-state index in [9.17, 15) is 13.2 Å². The molecule has 0 N–H and O–H groups in total. The molecule has 2 aromatic carbocycles. The van der Waals surface area contributed by atoms with E-state index >= 15 is 0 Å². The maximum atomic E-state index is 12.1. The van der Waals surface area contributed by atoms with Crippen LogP contribution in [0.15, 0.2) is 53.4 Å². The van der Waals surface area contributed by atoms with Crippen molar-refractivity contribution in [3.05, 3.63) is 59.1 Å². The summed E-state index contributed by atoms with van der Waals surface area (Å²) in [6.45, 7) is 0. The Morgan fingerprint density at radius 2 is 1.82 bits per heavy atom. The maximum absolute atomic E-state index is 12.1. The van der Waals surface area contributed by atoms with Crippen LogP contribution < -0.4 is 4.18 Å². The van der Waals surface area contributed by atoms with E-state index in [1.807, 2.05) is 0 Å². The Kier molecular flexibility index (Phi) is 5.05. The summed E-state index contributed by atoms with van der Waals surface area (Å²) in [4.78, 5) is 11.1. The average Bonchev–Trinajstić information content (AvgIpc) is 2.49. The van der Waals surface area contributed by atoms with Gasteiger partial charge in [-0.1, -0.05) is 29.8 Å². The fourth-order valence-electron chi connectivity index (χ4n) is 1.70. The Labute approximate surface area is 133 Å². The van der Waals surface area contributed by atoms with Crippen LogP contribution in [-0.2, 0) is 26.1 Å². The van der Waals surface area contributed by atoms with Gasteiger partial charge < -0.3 is 8.92 Å². The quantitative estimate of drug-likeness (QED) is 0.618. The molecule has 0 atom stereocenters. The molecule has 0 fully saturated rings. The second-order valence-electron chi connectivity index (χ2n) is 4.39. The van der Waals surface area contributed by atoms with E-state index in [-0.39, 0.29) is 23.0 Å². The van der Waals surface area contributed by atoms with Gasteiger partial charge in [-0.3, -0.25) is 4.79 Å². The van der Waals surface area contributed by atoms with E-state index in [0.29, 0.717) is 10.6 Å². The van der Waals surface area contributed by atoms with E-state index in [0.717, 1.165) is 0 Å². The van der Waals surface area contributed by atoms with E-state index < -0.39 is 10.1 Å². The molecule has 0 spiro atoms. The zero-order chi connectivity index (χ0) is 16.2. The van der Waals surface area contributed by atoms with Crippen molar-refractivity contribution in [1.29, 1.82) is 0 Å². The minimum absolute atomic E-state index is 0.0290. The van der Waals surface area contributed by atoms with Gasteiger partial charge in [0, 0.05) is 5.02 Å². The summed E-state index contributed by atoms with van der Waals surface area (Å²) >= 11 is 5.77.